The molecule has 4 heteroatoms. The Morgan fingerprint density at radius 1 is 1.18 bits per heavy atom. The van der Waals surface area contributed by atoms with Gasteiger partial charge >= 0.3 is 0 Å². The maximum absolute atomic E-state index is 12.3. The summed E-state index contributed by atoms with van der Waals surface area (Å²) >= 11 is 1.66. The molecular formula is C13H16O3S. The Morgan fingerprint density at radius 3 is 2.35 bits per heavy atom. The number of hydrogen-bond donors (Lipinski definition) is 0. The molecule has 0 saturated carbocycles. The van der Waals surface area contributed by atoms with Crippen LogP contribution >= 0.6 is 11.8 Å². The normalized spacial score (nSPS) is 17.5. The number of carbonyl (C=O) groups excluding carboxylic acids is 1. The largest absolute Gasteiger partial charge is 0.493 e. The van der Waals surface area contributed by atoms with Crippen molar-refractivity contribution in [1.29, 1.82) is 0 Å². The number of benzene rings is 1. The minimum absolute atomic E-state index is 0.157. The van der Waals surface area contributed by atoms with Crippen molar-refractivity contribution < 1.29 is 14.3 Å². The average Bonchev–Trinajstić information content (AvgIpc) is 2.33. The molecule has 1 aromatic rings. The van der Waals surface area contributed by atoms with Crippen molar-refractivity contribution in [2.45, 2.75) is 24.3 Å². The third-order valence-corrected chi connectivity index (χ3v) is 4.35. The fraction of sp³-hybridized carbons (Fsp3) is 0.462. The molecule has 0 bridgehead atoms. The molecule has 0 radical (unpaired) electrons. The van der Waals surface area contributed by atoms with Gasteiger partial charge in [-0.2, -0.15) is 0 Å². The van der Waals surface area contributed by atoms with E-state index in [-0.39, 0.29) is 10.5 Å². The number of hydrogen-bond acceptors (Lipinski definition) is 4. The smallest absolute Gasteiger partial charge is 0.178 e. The SMILES string of the molecule is COc1cc2c(cc1OC)C(=O)C(C)(C)SC2. The van der Waals surface area contributed by atoms with E-state index in [4.69, 9.17) is 9.47 Å². The van der Waals surface area contributed by atoms with Gasteiger partial charge in [-0.3, -0.25) is 4.79 Å². The molecule has 2 rings (SSSR count). The zero-order valence-electron chi connectivity index (χ0n) is 10.5. The molecule has 0 amide bonds. The van der Waals surface area contributed by atoms with Crippen molar-refractivity contribution in [3.63, 3.8) is 0 Å². The number of thioether (sulfide) groups is 1. The van der Waals surface area contributed by atoms with Gasteiger partial charge in [-0.1, -0.05) is 0 Å². The van der Waals surface area contributed by atoms with Crippen molar-refractivity contribution in [3.8, 4) is 11.5 Å². The van der Waals surface area contributed by atoms with Crippen LogP contribution < -0.4 is 9.47 Å². The number of carbonyl (C=O) groups is 1. The lowest BCUT2D eigenvalue weighted by atomic mass is 9.95. The molecular weight excluding hydrogens is 236 g/mol. The van der Waals surface area contributed by atoms with Gasteiger partial charge in [0, 0.05) is 11.3 Å². The summed E-state index contributed by atoms with van der Waals surface area (Å²) in [5.41, 5.74) is 1.78. The van der Waals surface area contributed by atoms with Gasteiger partial charge in [-0.15, -0.1) is 11.8 Å². The third-order valence-electron chi connectivity index (χ3n) is 2.99. The summed E-state index contributed by atoms with van der Waals surface area (Å²) in [5.74, 6) is 2.28. The van der Waals surface area contributed by atoms with E-state index >= 15 is 0 Å². The second-order valence-electron chi connectivity index (χ2n) is 4.49. The summed E-state index contributed by atoms with van der Waals surface area (Å²) in [5, 5.41) is 0. The molecule has 1 aliphatic rings. The lowest BCUT2D eigenvalue weighted by Crippen LogP contribution is -2.32. The maximum atomic E-state index is 12.3. The minimum atomic E-state index is -0.355. The lowest BCUT2D eigenvalue weighted by molar-refractivity contribution is 0.0955. The monoisotopic (exact) mass is 252 g/mol. The Hall–Kier alpha value is -1.16. The van der Waals surface area contributed by atoms with Gasteiger partial charge in [0.2, 0.25) is 0 Å². The highest BCUT2D eigenvalue weighted by Gasteiger charge is 2.35. The van der Waals surface area contributed by atoms with Gasteiger partial charge in [0.05, 0.1) is 19.0 Å². The Morgan fingerprint density at radius 2 is 1.76 bits per heavy atom. The van der Waals surface area contributed by atoms with Gasteiger partial charge in [0.15, 0.2) is 17.3 Å². The number of rotatable bonds is 2. The van der Waals surface area contributed by atoms with Gasteiger partial charge in [-0.05, 0) is 31.5 Å². The van der Waals surface area contributed by atoms with Gasteiger partial charge in [0.25, 0.3) is 0 Å². The summed E-state index contributed by atoms with van der Waals surface area (Å²) in [7, 11) is 3.18. The molecule has 1 aromatic carbocycles. The average molecular weight is 252 g/mol. The van der Waals surface area contributed by atoms with Crippen LogP contribution in [0.2, 0.25) is 0 Å². The Kier molecular flexibility index (Phi) is 3.08. The molecule has 1 heterocycles. The molecule has 1 aliphatic heterocycles. The molecule has 0 N–H and O–H groups in total. The van der Waals surface area contributed by atoms with Gasteiger partial charge in [-0.25, -0.2) is 0 Å². The number of methoxy groups -OCH3 is 2. The predicted octanol–water partition coefficient (Wildman–Crippen LogP) is 2.91. The molecule has 17 heavy (non-hydrogen) atoms. The number of Topliss-reactive ketones (excluding diaryl/α,β-unsaturated/α-hetero) is 1. The Balaban J connectivity index is 2.55. The van der Waals surface area contributed by atoms with Crippen LogP contribution in [0.25, 0.3) is 0 Å². The van der Waals surface area contributed by atoms with Crippen molar-refractivity contribution in [2.75, 3.05) is 14.2 Å². The van der Waals surface area contributed by atoms with Gasteiger partial charge < -0.3 is 9.47 Å². The summed E-state index contributed by atoms with van der Waals surface area (Å²) in [6.45, 7) is 3.92. The fourth-order valence-electron chi connectivity index (χ4n) is 1.90. The van der Waals surface area contributed by atoms with Crippen molar-refractivity contribution >= 4 is 17.5 Å². The van der Waals surface area contributed by atoms with Crippen molar-refractivity contribution in [2.24, 2.45) is 0 Å². The van der Waals surface area contributed by atoms with E-state index in [1.807, 2.05) is 19.9 Å². The molecule has 0 fully saturated rings. The van der Waals surface area contributed by atoms with E-state index in [1.54, 1.807) is 32.0 Å². The van der Waals surface area contributed by atoms with E-state index in [0.717, 1.165) is 16.9 Å². The topological polar surface area (TPSA) is 35.5 Å². The molecule has 0 spiro atoms. The lowest BCUT2D eigenvalue weighted by Gasteiger charge is -2.29. The summed E-state index contributed by atoms with van der Waals surface area (Å²) in [6.07, 6.45) is 0. The van der Waals surface area contributed by atoms with E-state index in [9.17, 15) is 4.79 Å². The van der Waals surface area contributed by atoms with Crippen LogP contribution in [0.3, 0.4) is 0 Å². The first-order valence-corrected chi connectivity index (χ1v) is 6.42. The highest BCUT2D eigenvalue weighted by atomic mass is 32.2. The molecule has 0 saturated heterocycles. The Bertz CT molecular complexity index is 466. The zero-order chi connectivity index (χ0) is 12.6. The van der Waals surface area contributed by atoms with Crippen molar-refractivity contribution in [3.05, 3.63) is 23.3 Å². The third kappa shape index (κ3) is 2.02. The van der Waals surface area contributed by atoms with E-state index < -0.39 is 0 Å². The first-order chi connectivity index (χ1) is 7.99. The number of ketones is 1. The van der Waals surface area contributed by atoms with E-state index in [1.165, 1.54) is 0 Å². The highest BCUT2D eigenvalue weighted by Crippen LogP contribution is 2.42. The molecule has 0 aliphatic carbocycles. The van der Waals surface area contributed by atoms with Crippen molar-refractivity contribution in [1.82, 2.24) is 0 Å². The van der Waals surface area contributed by atoms with Crippen LogP contribution in [0.15, 0.2) is 12.1 Å². The first-order valence-electron chi connectivity index (χ1n) is 5.43. The number of fused-ring (bicyclic) bond motifs is 1. The second-order valence-corrected chi connectivity index (χ2v) is 6.09. The number of ether oxygens (including phenoxy) is 2. The minimum Gasteiger partial charge on any atom is -0.493 e. The zero-order valence-corrected chi connectivity index (χ0v) is 11.3. The van der Waals surface area contributed by atoms with Crippen LogP contribution in [-0.2, 0) is 5.75 Å². The van der Waals surface area contributed by atoms with Crippen LogP contribution in [-0.4, -0.2) is 24.7 Å². The molecule has 3 nitrogen and oxygen atoms in total. The summed E-state index contributed by atoms with van der Waals surface area (Å²) < 4.78 is 10.1. The first kappa shape index (κ1) is 12.3. The van der Waals surface area contributed by atoms with Crippen LogP contribution in [0.1, 0.15) is 29.8 Å². The standard InChI is InChI=1S/C13H16O3S/c1-13(2)12(14)9-6-11(16-4)10(15-3)5-8(9)7-17-13/h5-6H,7H2,1-4H3. The predicted molar refractivity (Wildman–Crippen MR) is 69.3 cm³/mol. The maximum Gasteiger partial charge on any atom is 0.178 e. The van der Waals surface area contributed by atoms with Crippen LogP contribution in [0, 0.1) is 0 Å². The quantitative estimate of drug-likeness (QED) is 0.810. The summed E-state index contributed by atoms with van der Waals surface area (Å²) in [4.78, 5) is 12.3. The highest BCUT2D eigenvalue weighted by molar-refractivity contribution is 8.00. The molecule has 92 valence electrons. The van der Waals surface area contributed by atoms with Gasteiger partial charge in [0.1, 0.15) is 0 Å². The summed E-state index contributed by atoms with van der Waals surface area (Å²) in [6, 6.07) is 3.69. The molecule has 0 unspecified atom stereocenters. The van der Waals surface area contributed by atoms with E-state index in [0.29, 0.717) is 11.5 Å². The second kappa shape index (κ2) is 4.26. The molecule has 0 atom stereocenters. The van der Waals surface area contributed by atoms with E-state index in [2.05, 4.69) is 0 Å². The van der Waals surface area contributed by atoms with Crippen LogP contribution in [0.4, 0.5) is 0 Å². The fourth-order valence-corrected chi connectivity index (χ4v) is 2.90. The Labute approximate surface area is 105 Å². The molecule has 0 aromatic heterocycles. The van der Waals surface area contributed by atoms with Crippen LogP contribution in [0.5, 0.6) is 11.5 Å².